The van der Waals surface area contributed by atoms with Crippen LogP contribution in [0, 0.1) is 5.41 Å². The number of nitrogens with zero attached hydrogens (tertiary/aromatic N) is 4. The van der Waals surface area contributed by atoms with Crippen LogP contribution in [0.15, 0.2) is 0 Å². The van der Waals surface area contributed by atoms with Gasteiger partial charge in [-0.3, -0.25) is 4.79 Å². The topological polar surface area (TPSA) is 80.9 Å². The van der Waals surface area contributed by atoms with Gasteiger partial charge in [0.2, 0.25) is 0 Å². The van der Waals surface area contributed by atoms with Gasteiger partial charge in [0.1, 0.15) is 0 Å². The zero-order chi connectivity index (χ0) is 13.9. The van der Waals surface area contributed by atoms with Crippen molar-refractivity contribution in [1.82, 2.24) is 20.2 Å². The highest BCUT2D eigenvalue weighted by Gasteiger charge is 2.37. The van der Waals surface area contributed by atoms with Gasteiger partial charge in [0.25, 0.3) is 0 Å². The fraction of sp³-hybridized carbons (Fsp3) is 0.833. The Labute approximate surface area is 117 Å². The monoisotopic (exact) mass is 284 g/mol. The number of aromatic nitrogens is 4. The highest BCUT2D eigenvalue weighted by Crippen LogP contribution is 2.39. The maximum absolute atomic E-state index is 11.6. The number of aliphatic carboxylic acids is 1. The molecule has 0 saturated carbocycles. The first-order valence-corrected chi connectivity index (χ1v) is 7.79. The van der Waals surface area contributed by atoms with Gasteiger partial charge < -0.3 is 5.11 Å². The molecule has 0 aliphatic carbocycles. The predicted octanol–water partition coefficient (Wildman–Crippen LogP) is 2.13. The van der Waals surface area contributed by atoms with Crippen LogP contribution < -0.4 is 0 Å². The molecular weight excluding hydrogens is 264 g/mol. The van der Waals surface area contributed by atoms with Crippen molar-refractivity contribution in [2.24, 2.45) is 5.41 Å². The lowest BCUT2D eigenvalue weighted by atomic mass is 9.82. The van der Waals surface area contributed by atoms with Gasteiger partial charge in [-0.25, -0.2) is 4.68 Å². The Morgan fingerprint density at radius 2 is 2.26 bits per heavy atom. The predicted molar refractivity (Wildman–Crippen MR) is 72.9 cm³/mol. The molecule has 0 aromatic carbocycles. The van der Waals surface area contributed by atoms with E-state index in [1.165, 1.54) is 6.42 Å². The minimum atomic E-state index is -0.770. The van der Waals surface area contributed by atoms with Crippen molar-refractivity contribution in [3.63, 3.8) is 0 Å². The number of tetrazole rings is 1. The van der Waals surface area contributed by atoms with E-state index in [0.717, 1.165) is 18.0 Å². The van der Waals surface area contributed by atoms with E-state index in [-0.39, 0.29) is 0 Å². The van der Waals surface area contributed by atoms with Crippen LogP contribution in [0.25, 0.3) is 0 Å². The molecule has 19 heavy (non-hydrogen) atoms. The summed E-state index contributed by atoms with van der Waals surface area (Å²) < 4.78 is 1.70. The van der Waals surface area contributed by atoms with Crippen LogP contribution in [-0.4, -0.2) is 37.0 Å². The molecule has 2 heterocycles. The number of hydrogen-bond donors (Lipinski definition) is 1. The second-order valence-electron chi connectivity index (χ2n) is 4.99. The van der Waals surface area contributed by atoms with Gasteiger partial charge in [0.05, 0.1) is 17.2 Å². The van der Waals surface area contributed by atoms with Crippen LogP contribution in [0.3, 0.4) is 0 Å². The smallest absolute Gasteiger partial charge is 0.311 e. The summed E-state index contributed by atoms with van der Waals surface area (Å²) in [7, 11) is 0. The van der Waals surface area contributed by atoms with E-state index < -0.39 is 11.4 Å². The Bertz CT molecular complexity index is 439. The Balaban J connectivity index is 2.22. The van der Waals surface area contributed by atoms with Crippen molar-refractivity contribution in [3.05, 3.63) is 5.82 Å². The van der Waals surface area contributed by atoms with E-state index in [1.54, 1.807) is 4.68 Å². The Kier molecular flexibility index (Phi) is 4.44. The molecule has 2 rings (SSSR count). The van der Waals surface area contributed by atoms with Crippen molar-refractivity contribution in [1.29, 1.82) is 0 Å². The maximum Gasteiger partial charge on any atom is 0.311 e. The zero-order valence-corrected chi connectivity index (χ0v) is 12.2. The molecule has 1 atom stereocenters. The molecule has 0 bridgehead atoms. The SMILES string of the molecule is CCC(CC)(Cn1nnnc1C1CCCS1)C(=O)O. The molecule has 0 amide bonds. The van der Waals surface area contributed by atoms with E-state index in [4.69, 9.17) is 0 Å². The van der Waals surface area contributed by atoms with Crippen molar-refractivity contribution in [2.45, 2.75) is 51.3 Å². The second kappa shape index (κ2) is 5.90. The third-order valence-electron chi connectivity index (χ3n) is 4.04. The van der Waals surface area contributed by atoms with Gasteiger partial charge in [-0.2, -0.15) is 11.8 Å². The van der Waals surface area contributed by atoms with Gasteiger partial charge in [0.15, 0.2) is 5.82 Å². The number of rotatable bonds is 6. The highest BCUT2D eigenvalue weighted by molar-refractivity contribution is 7.99. The van der Waals surface area contributed by atoms with Crippen molar-refractivity contribution >= 4 is 17.7 Å². The maximum atomic E-state index is 11.6. The quantitative estimate of drug-likeness (QED) is 0.862. The lowest BCUT2D eigenvalue weighted by Gasteiger charge is -2.26. The molecule has 1 fully saturated rings. The van der Waals surface area contributed by atoms with Gasteiger partial charge in [-0.1, -0.05) is 13.8 Å². The average Bonchev–Trinajstić information content (AvgIpc) is 3.06. The summed E-state index contributed by atoms with van der Waals surface area (Å²) in [6.07, 6.45) is 3.41. The summed E-state index contributed by atoms with van der Waals surface area (Å²) in [6, 6.07) is 0. The molecular formula is C12H20N4O2S. The Hall–Kier alpha value is -1.11. The zero-order valence-electron chi connectivity index (χ0n) is 11.4. The summed E-state index contributed by atoms with van der Waals surface area (Å²) in [5, 5.41) is 21.6. The molecule has 0 radical (unpaired) electrons. The molecule has 1 N–H and O–H groups in total. The molecule has 1 aliphatic heterocycles. The van der Waals surface area contributed by atoms with Crippen molar-refractivity contribution in [3.8, 4) is 0 Å². The van der Waals surface area contributed by atoms with Crippen LogP contribution in [-0.2, 0) is 11.3 Å². The average molecular weight is 284 g/mol. The lowest BCUT2D eigenvalue weighted by molar-refractivity contribution is -0.150. The van der Waals surface area contributed by atoms with Crippen LogP contribution in [0.4, 0.5) is 0 Å². The van der Waals surface area contributed by atoms with Gasteiger partial charge >= 0.3 is 5.97 Å². The molecule has 1 aromatic heterocycles. The summed E-state index contributed by atoms with van der Waals surface area (Å²) in [5.74, 6) is 1.19. The van der Waals surface area contributed by atoms with E-state index in [9.17, 15) is 9.90 Å². The molecule has 1 aliphatic rings. The van der Waals surface area contributed by atoms with E-state index in [0.29, 0.717) is 24.6 Å². The van der Waals surface area contributed by atoms with Crippen LogP contribution in [0.2, 0.25) is 0 Å². The molecule has 7 heteroatoms. The first-order chi connectivity index (χ1) is 9.13. The third kappa shape index (κ3) is 2.75. The fourth-order valence-corrected chi connectivity index (χ4v) is 3.74. The van der Waals surface area contributed by atoms with Crippen LogP contribution in [0.5, 0.6) is 0 Å². The molecule has 106 valence electrons. The highest BCUT2D eigenvalue weighted by atomic mass is 32.2. The molecule has 1 saturated heterocycles. The van der Waals surface area contributed by atoms with E-state index >= 15 is 0 Å². The normalized spacial score (nSPS) is 19.8. The molecule has 0 spiro atoms. The largest absolute Gasteiger partial charge is 0.481 e. The number of thioether (sulfide) groups is 1. The Morgan fingerprint density at radius 3 is 2.79 bits per heavy atom. The third-order valence-corrected chi connectivity index (χ3v) is 5.41. The summed E-state index contributed by atoms with van der Waals surface area (Å²) in [6.45, 7) is 4.17. The summed E-state index contributed by atoms with van der Waals surface area (Å²) >= 11 is 1.85. The standard InChI is InChI=1S/C12H20N4O2S/c1-3-12(4-2,11(17)18)8-16-10(13-14-15-16)9-6-5-7-19-9/h9H,3-8H2,1-2H3,(H,17,18). The van der Waals surface area contributed by atoms with Crippen molar-refractivity contribution < 1.29 is 9.90 Å². The van der Waals surface area contributed by atoms with E-state index in [2.05, 4.69) is 15.5 Å². The van der Waals surface area contributed by atoms with Gasteiger partial charge in [-0.05, 0) is 41.9 Å². The summed E-state index contributed by atoms with van der Waals surface area (Å²) in [5.41, 5.74) is -0.770. The summed E-state index contributed by atoms with van der Waals surface area (Å²) in [4.78, 5) is 11.6. The molecule has 1 unspecified atom stereocenters. The minimum Gasteiger partial charge on any atom is -0.481 e. The van der Waals surface area contributed by atoms with Crippen LogP contribution in [0.1, 0.15) is 50.6 Å². The van der Waals surface area contributed by atoms with Gasteiger partial charge in [0, 0.05) is 0 Å². The molecule has 6 nitrogen and oxygen atoms in total. The second-order valence-corrected chi connectivity index (χ2v) is 6.30. The van der Waals surface area contributed by atoms with Crippen LogP contribution >= 0.6 is 11.8 Å². The first-order valence-electron chi connectivity index (χ1n) is 6.74. The van der Waals surface area contributed by atoms with Gasteiger partial charge in [-0.15, -0.1) is 5.10 Å². The lowest BCUT2D eigenvalue weighted by Crippen LogP contribution is -2.35. The number of carboxylic acids is 1. The first kappa shape index (κ1) is 14.3. The minimum absolute atomic E-state index is 0.315. The fourth-order valence-electron chi connectivity index (χ4n) is 2.47. The number of carboxylic acid groups (broad SMARTS) is 1. The number of hydrogen-bond acceptors (Lipinski definition) is 5. The molecule has 1 aromatic rings. The van der Waals surface area contributed by atoms with E-state index in [1.807, 2.05) is 25.6 Å². The Morgan fingerprint density at radius 1 is 1.53 bits per heavy atom. The van der Waals surface area contributed by atoms with Crippen molar-refractivity contribution in [2.75, 3.05) is 5.75 Å². The number of carbonyl (C=O) groups is 1.